The number of piperidine rings is 1. The van der Waals surface area contributed by atoms with Gasteiger partial charge in [0.1, 0.15) is 5.82 Å². The quantitative estimate of drug-likeness (QED) is 0.802. The van der Waals surface area contributed by atoms with Crippen LogP contribution in [0.3, 0.4) is 0 Å². The molecule has 4 nitrogen and oxygen atoms in total. The maximum absolute atomic E-state index is 4.20. The van der Waals surface area contributed by atoms with E-state index >= 15 is 0 Å². The molecule has 1 aliphatic heterocycles. The standard InChI is InChI=1S/C10H16N4.ClH/c1-8-4-9(6-12-5-8)14-10-7-11-2-3-13-10;/h2-3,7-9,12H,4-6H2,1H3,(H,13,14);1H. The predicted octanol–water partition coefficient (Wildman–Crippen LogP) is 1.31. The van der Waals surface area contributed by atoms with Crippen LogP contribution in [0.1, 0.15) is 13.3 Å². The van der Waals surface area contributed by atoms with Crippen molar-refractivity contribution in [1.82, 2.24) is 15.3 Å². The van der Waals surface area contributed by atoms with Gasteiger partial charge in [0.15, 0.2) is 0 Å². The summed E-state index contributed by atoms with van der Waals surface area (Å²) >= 11 is 0. The summed E-state index contributed by atoms with van der Waals surface area (Å²) in [6, 6.07) is 0.482. The topological polar surface area (TPSA) is 49.8 Å². The van der Waals surface area contributed by atoms with E-state index in [1.54, 1.807) is 18.6 Å². The average molecular weight is 229 g/mol. The zero-order valence-electron chi connectivity index (χ0n) is 8.81. The summed E-state index contributed by atoms with van der Waals surface area (Å²) in [5.74, 6) is 1.60. The van der Waals surface area contributed by atoms with Crippen molar-refractivity contribution < 1.29 is 0 Å². The van der Waals surface area contributed by atoms with Crippen LogP contribution in [0.5, 0.6) is 0 Å². The van der Waals surface area contributed by atoms with Crippen molar-refractivity contribution in [2.45, 2.75) is 19.4 Å². The molecule has 0 radical (unpaired) electrons. The number of hydrogen-bond acceptors (Lipinski definition) is 4. The van der Waals surface area contributed by atoms with Crippen LogP contribution in [0.15, 0.2) is 18.6 Å². The Balaban J connectivity index is 0.00000112. The lowest BCUT2D eigenvalue weighted by Gasteiger charge is -2.28. The highest BCUT2D eigenvalue weighted by Crippen LogP contribution is 2.12. The van der Waals surface area contributed by atoms with Gasteiger partial charge in [-0.1, -0.05) is 6.92 Å². The zero-order valence-corrected chi connectivity index (χ0v) is 9.63. The van der Waals surface area contributed by atoms with E-state index in [9.17, 15) is 0 Å². The number of rotatable bonds is 2. The summed E-state index contributed by atoms with van der Waals surface area (Å²) in [6.07, 6.45) is 6.36. The van der Waals surface area contributed by atoms with Crippen molar-refractivity contribution in [2.75, 3.05) is 18.4 Å². The minimum Gasteiger partial charge on any atom is -0.365 e. The molecule has 1 saturated heterocycles. The molecule has 1 aromatic rings. The van der Waals surface area contributed by atoms with Gasteiger partial charge in [0.2, 0.25) is 0 Å². The molecule has 0 saturated carbocycles. The van der Waals surface area contributed by atoms with Gasteiger partial charge in [0.05, 0.1) is 6.20 Å². The molecule has 2 heterocycles. The molecule has 0 bridgehead atoms. The van der Waals surface area contributed by atoms with Gasteiger partial charge in [-0.3, -0.25) is 4.98 Å². The molecule has 1 aromatic heterocycles. The normalized spacial score (nSPS) is 25.4. The van der Waals surface area contributed by atoms with E-state index in [2.05, 4.69) is 27.5 Å². The van der Waals surface area contributed by atoms with Crippen molar-refractivity contribution in [2.24, 2.45) is 5.92 Å². The number of anilines is 1. The third kappa shape index (κ3) is 3.64. The van der Waals surface area contributed by atoms with Crippen LogP contribution in [-0.2, 0) is 0 Å². The van der Waals surface area contributed by atoms with Crippen LogP contribution in [0.2, 0.25) is 0 Å². The second-order valence-electron chi connectivity index (χ2n) is 3.93. The lowest BCUT2D eigenvalue weighted by Crippen LogP contribution is -2.42. The van der Waals surface area contributed by atoms with Gasteiger partial charge < -0.3 is 10.6 Å². The van der Waals surface area contributed by atoms with Crippen LogP contribution in [0.4, 0.5) is 5.82 Å². The highest BCUT2D eigenvalue weighted by molar-refractivity contribution is 5.85. The van der Waals surface area contributed by atoms with Crippen molar-refractivity contribution in [3.8, 4) is 0 Å². The van der Waals surface area contributed by atoms with Crippen LogP contribution in [-0.4, -0.2) is 29.1 Å². The minimum absolute atomic E-state index is 0. The third-order valence-electron chi connectivity index (χ3n) is 2.49. The Hall–Kier alpha value is -0.870. The van der Waals surface area contributed by atoms with E-state index in [0.717, 1.165) is 24.8 Å². The molecule has 2 unspecified atom stereocenters. The maximum atomic E-state index is 4.20. The monoisotopic (exact) mass is 228 g/mol. The first-order valence-electron chi connectivity index (χ1n) is 5.08. The molecule has 2 rings (SSSR count). The molecule has 0 aliphatic carbocycles. The predicted molar refractivity (Wildman–Crippen MR) is 63.3 cm³/mol. The largest absolute Gasteiger partial charge is 0.365 e. The molecule has 0 amide bonds. The summed E-state index contributed by atoms with van der Waals surface area (Å²) in [7, 11) is 0. The first-order chi connectivity index (χ1) is 6.84. The fraction of sp³-hybridized carbons (Fsp3) is 0.600. The fourth-order valence-electron chi connectivity index (χ4n) is 1.85. The van der Waals surface area contributed by atoms with Gasteiger partial charge in [0.25, 0.3) is 0 Å². The molecule has 2 atom stereocenters. The number of nitrogens with zero attached hydrogens (tertiary/aromatic N) is 2. The van der Waals surface area contributed by atoms with E-state index in [1.165, 1.54) is 6.42 Å². The Labute approximate surface area is 96.3 Å². The second kappa shape index (κ2) is 5.88. The first-order valence-corrected chi connectivity index (χ1v) is 5.08. The lowest BCUT2D eigenvalue weighted by atomic mass is 9.98. The molecule has 1 fully saturated rings. The zero-order chi connectivity index (χ0) is 9.80. The van der Waals surface area contributed by atoms with Gasteiger partial charge in [-0.2, -0.15) is 0 Å². The van der Waals surface area contributed by atoms with Crippen LogP contribution in [0.25, 0.3) is 0 Å². The highest BCUT2D eigenvalue weighted by atomic mass is 35.5. The van der Waals surface area contributed by atoms with Gasteiger partial charge in [-0.15, -0.1) is 12.4 Å². The second-order valence-corrected chi connectivity index (χ2v) is 3.93. The van der Waals surface area contributed by atoms with Crippen LogP contribution in [0, 0.1) is 5.92 Å². The minimum atomic E-state index is 0. The van der Waals surface area contributed by atoms with Crippen LogP contribution < -0.4 is 10.6 Å². The number of halogens is 1. The van der Waals surface area contributed by atoms with Crippen LogP contribution >= 0.6 is 12.4 Å². The molecule has 0 spiro atoms. The smallest absolute Gasteiger partial charge is 0.144 e. The number of hydrogen-bond donors (Lipinski definition) is 2. The Morgan fingerprint density at radius 1 is 1.40 bits per heavy atom. The van der Waals surface area contributed by atoms with Crippen molar-refractivity contribution in [3.05, 3.63) is 18.6 Å². The van der Waals surface area contributed by atoms with Gasteiger partial charge in [0, 0.05) is 25.0 Å². The van der Waals surface area contributed by atoms with Gasteiger partial charge >= 0.3 is 0 Å². The number of nitrogens with one attached hydrogen (secondary N) is 2. The summed E-state index contributed by atoms with van der Waals surface area (Å²) < 4.78 is 0. The van der Waals surface area contributed by atoms with Crippen molar-refractivity contribution >= 4 is 18.2 Å². The molecule has 15 heavy (non-hydrogen) atoms. The molecule has 0 aromatic carbocycles. The first kappa shape index (κ1) is 12.2. The summed E-state index contributed by atoms with van der Waals surface area (Å²) in [5, 5.41) is 6.77. The third-order valence-corrected chi connectivity index (χ3v) is 2.49. The molecule has 84 valence electrons. The Kier molecular flexibility index (Phi) is 4.78. The summed E-state index contributed by atoms with van der Waals surface area (Å²) in [4.78, 5) is 8.22. The molecule has 5 heteroatoms. The lowest BCUT2D eigenvalue weighted by molar-refractivity contribution is 0.377. The maximum Gasteiger partial charge on any atom is 0.144 e. The van der Waals surface area contributed by atoms with E-state index < -0.39 is 0 Å². The Bertz CT molecular complexity index is 280. The summed E-state index contributed by atoms with van der Waals surface area (Å²) in [5.41, 5.74) is 0. The highest BCUT2D eigenvalue weighted by Gasteiger charge is 2.18. The summed E-state index contributed by atoms with van der Waals surface area (Å²) in [6.45, 7) is 4.40. The molecular weight excluding hydrogens is 212 g/mol. The molecule has 1 aliphatic rings. The Morgan fingerprint density at radius 3 is 2.93 bits per heavy atom. The van der Waals surface area contributed by atoms with Gasteiger partial charge in [-0.25, -0.2) is 4.98 Å². The molecule has 2 N–H and O–H groups in total. The van der Waals surface area contributed by atoms with Crippen molar-refractivity contribution in [1.29, 1.82) is 0 Å². The van der Waals surface area contributed by atoms with E-state index in [1.807, 2.05) is 0 Å². The fourth-order valence-corrected chi connectivity index (χ4v) is 1.85. The molecular formula is C10H17ClN4. The van der Waals surface area contributed by atoms with E-state index in [4.69, 9.17) is 0 Å². The van der Waals surface area contributed by atoms with Gasteiger partial charge in [-0.05, 0) is 18.9 Å². The van der Waals surface area contributed by atoms with E-state index in [-0.39, 0.29) is 12.4 Å². The Morgan fingerprint density at radius 2 is 2.27 bits per heavy atom. The average Bonchev–Trinajstić information content (AvgIpc) is 2.19. The van der Waals surface area contributed by atoms with Crippen molar-refractivity contribution in [3.63, 3.8) is 0 Å². The van der Waals surface area contributed by atoms with E-state index in [0.29, 0.717) is 6.04 Å². The number of aromatic nitrogens is 2. The SMILES string of the molecule is CC1CNCC(Nc2cnccn2)C1.Cl.